The van der Waals surface area contributed by atoms with Crippen LogP contribution >= 0.6 is 23.1 Å². The van der Waals surface area contributed by atoms with Crippen LogP contribution in [0.15, 0.2) is 34.8 Å². The number of hydrogen-bond acceptors (Lipinski definition) is 5. The summed E-state index contributed by atoms with van der Waals surface area (Å²) in [5, 5.41) is 16.5. The Balaban J connectivity index is 1.74. The minimum Gasteiger partial charge on any atom is -0.383 e. The van der Waals surface area contributed by atoms with Gasteiger partial charge in [0.1, 0.15) is 10.6 Å². The number of hydrogen-bond donors (Lipinski definition) is 2. The number of nitrogens with one attached hydrogen (secondary N) is 1. The van der Waals surface area contributed by atoms with Gasteiger partial charge in [-0.15, -0.1) is 23.1 Å². The van der Waals surface area contributed by atoms with Crippen LogP contribution in [0.1, 0.15) is 33.6 Å². The summed E-state index contributed by atoms with van der Waals surface area (Å²) in [5.74, 6) is -0.187. The molecule has 0 saturated carbocycles. The van der Waals surface area contributed by atoms with Crippen LogP contribution in [0.3, 0.4) is 0 Å². The van der Waals surface area contributed by atoms with E-state index in [9.17, 15) is 9.90 Å². The van der Waals surface area contributed by atoms with Crippen molar-refractivity contribution in [2.75, 3.05) is 12.8 Å². The molecular weight excluding hydrogens is 316 g/mol. The molecule has 2 aromatic heterocycles. The van der Waals surface area contributed by atoms with Gasteiger partial charge in [0.2, 0.25) is 0 Å². The van der Waals surface area contributed by atoms with Crippen LogP contribution in [0, 0.1) is 0 Å². The molecule has 22 heavy (non-hydrogen) atoms. The van der Waals surface area contributed by atoms with Gasteiger partial charge in [-0.05, 0) is 54.7 Å². The van der Waals surface area contributed by atoms with Crippen molar-refractivity contribution in [1.82, 2.24) is 10.3 Å². The monoisotopic (exact) mass is 334 g/mol. The Labute approximate surface area is 138 Å². The second-order valence-electron chi connectivity index (χ2n) is 5.39. The minimum absolute atomic E-state index is 0.187. The Kier molecular flexibility index (Phi) is 4.52. The van der Waals surface area contributed by atoms with E-state index in [-0.39, 0.29) is 12.5 Å². The van der Waals surface area contributed by atoms with E-state index in [1.165, 1.54) is 16.6 Å². The molecule has 6 heteroatoms. The highest BCUT2D eigenvalue weighted by Crippen LogP contribution is 2.37. The van der Waals surface area contributed by atoms with Crippen molar-refractivity contribution in [2.24, 2.45) is 0 Å². The first-order valence-corrected chi connectivity index (χ1v) is 9.31. The summed E-state index contributed by atoms with van der Waals surface area (Å²) >= 11 is 3.12. The first-order valence-electron chi connectivity index (χ1n) is 7.20. The zero-order valence-electron chi connectivity index (χ0n) is 12.3. The Morgan fingerprint density at radius 3 is 3.23 bits per heavy atom. The molecule has 4 nitrogen and oxygen atoms in total. The fraction of sp³-hybridized carbons (Fsp3) is 0.375. The van der Waals surface area contributed by atoms with Crippen LogP contribution in [0.25, 0.3) is 0 Å². The average molecular weight is 334 g/mol. The van der Waals surface area contributed by atoms with Crippen molar-refractivity contribution < 1.29 is 9.90 Å². The van der Waals surface area contributed by atoms with E-state index in [4.69, 9.17) is 0 Å². The van der Waals surface area contributed by atoms with Crippen LogP contribution in [0.4, 0.5) is 0 Å². The molecule has 1 atom stereocenters. The van der Waals surface area contributed by atoms with E-state index in [0.717, 1.165) is 18.4 Å². The van der Waals surface area contributed by atoms with Crippen LogP contribution in [-0.4, -0.2) is 28.8 Å². The SMILES string of the molecule is CSc1ncccc1C(=O)NCC1(O)CCCc2sccc21. The highest BCUT2D eigenvalue weighted by molar-refractivity contribution is 7.98. The van der Waals surface area contributed by atoms with Crippen molar-refractivity contribution in [2.45, 2.75) is 29.9 Å². The molecule has 116 valence electrons. The van der Waals surface area contributed by atoms with E-state index in [1.807, 2.05) is 17.7 Å². The normalized spacial score (nSPS) is 20.5. The number of rotatable bonds is 4. The molecule has 0 aliphatic heterocycles. The van der Waals surface area contributed by atoms with Crippen LogP contribution in [0.2, 0.25) is 0 Å². The van der Waals surface area contributed by atoms with Gasteiger partial charge in [-0.1, -0.05) is 0 Å². The summed E-state index contributed by atoms with van der Waals surface area (Å²) in [6.45, 7) is 0.234. The number of amides is 1. The lowest BCUT2D eigenvalue weighted by Crippen LogP contribution is -2.42. The molecule has 0 spiro atoms. The maximum atomic E-state index is 12.4. The molecule has 0 bridgehead atoms. The smallest absolute Gasteiger partial charge is 0.254 e. The third-order valence-electron chi connectivity index (χ3n) is 3.99. The van der Waals surface area contributed by atoms with Crippen LogP contribution in [-0.2, 0) is 12.0 Å². The molecule has 2 heterocycles. The maximum Gasteiger partial charge on any atom is 0.254 e. The van der Waals surface area contributed by atoms with Crippen molar-refractivity contribution in [3.63, 3.8) is 0 Å². The van der Waals surface area contributed by atoms with E-state index in [2.05, 4.69) is 10.3 Å². The van der Waals surface area contributed by atoms with Crippen LogP contribution in [0.5, 0.6) is 0 Å². The topological polar surface area (TPSA) is 62.2 Å². The van der Waals surface area contributed by atoms with Gasteiger partial charge in [-0.2, -0.15) is 0 Å². The highest BCUT2D eigenvalue weighted by atomic mass is 32.2. The lowest BCUT2D eigenvalue weighted by molar-refractivity contribution is 0.0197. The number of nitrogens with zero attached hydrogens (tertiary/aromatic N) is 1. The number of carbonyl (C=O) groups excluding carboxylic acids is 1. The quantitative estimate of drug-likeness (QED) is 0.844. The summed E-state index contributed by atoms with van der Waals surface area (Å²) < 4.78 is 0. The first-order chi connectivity index (χ1) is 10.6. The first kappa shape index (κ1) is 15.5. The van der Waals surface area contributed by atoms with Gasteiger partial charge >= 0.3 is 0 Å². The molecule has 1 amide bonds. The number of aromatic nitrogens is 1. The van der Waals surface area contributed by atoms with Crippen molar-refractivity contribution in [3.05, 3.63) is 45.8 Å². The van der Waals surface area contributed by atoms with E-state index in [0.29, 0.717) is 17.0 Å². The molecule has 2 N–H and O–H groups in total. The number of aryl methyl sites for hydroxylation is 1. The second kappa shape index (κ2) is 6.40. The molecule has 3 rings (SSSR count). The number of thiophene rings is 1. The summed E-state index contributed by atoms with van der Waals surface area (Å²) in [6.07, 6.45) is 6.21. The zero-order chi connectivity index (χ0) is 15.6. The molecule has 0 saturated heterocycles. The molecule has 0 radical (unpaired) electrons. The third-order valence-corrected chi connectivity index (χ3v) is 5.68. The Hall–Kier alpha value is -1.37. The van der Waals surface area contributed by atoms with E-state index in [1.54, 1.807) is 29.7 Å². The predicted molar refractivity (Wildman–Crippen MR) is 89.5 cm³/mol. The van der Waals surface area contributed by atoms with Gasteiger partial charge in [0.15, 0.2) is 0 Å². The molecule has 0 aromatic carbocycles. The fourth-order valence-electron chi connectivity index (χ4n) is 2.86. The predicted octanol–water partition coefficient (Wildman–Crippen LogP) is 2.82. The van der Waals surface area contributed by atoms with E-state index < -0.39 is 5.60 Å². The van der Waals surface area contributed by atoms with Gasteiger partial charge in [0.25, 0.3) is 5.91 Å². The summed E-state index contributed by atoms with van der Waals surface area (Å²) in [4.78, 5) is 17.8. The minimum atomic E-state index is -0.953. The fourth-order valence-corrected chi connectivity index (χ4v) is 4.42. The standard InChI is InChI=1S/C16H18N2O2S2/c1-21-15-11(4-3-8-17-15)14(19)18-10-16(20)7-2-5-13-12(16)6-9-22-13/h3-4,6,8-9,20H,2,5,7,10H2,1H3,(H,18,19). The summed E-state index contributed by atoms with van der Waals surface area (Å²) in [5.41, 5.74) is 0.575. The average Bonchev–Trinajstić information content (AvgIpc) is 3.03. The van der Waals surface area contributed by atoms with Gasteiger partial charge in [0, 0.05) is 11.1 Å². The summed E-state index contributed by atoms with van der Waals surface area (Å²) in [7, 11) is 0. The number of pyridine rings is 1. The highest BCUT2D eigenvalue weighted by Gasteiger charge is 2.35. The number of carbonyl (C=O) groups is 1. The van der Waals surface area contributed by atoms with Crippen molar-refractivity contribution >= 4 is 29.0 Å². The lowest BCUT2D eigenvalue weighted by Gasteiger charge is -2.32. The molecular formula is C16H18N2O2S2. The van der Waals surface area contributed by atoms with Crippen LogP contribution < -0.4 is 5.32 Å². The molecule has 1 aliphatic carbocycles. The Bertz CT molecular complexity index is 686. The van der Waals surface area contributed by atoms with Gasteiger partial charge in [0.05, 0.1) is 12.1 Å². The molecule has 1 unspecified atom stereocenters. The summed E-state index contributed by atoms with van der Waals surface area (Å²) in [6, 6.07) is 5.48. The Morgan fingerprint density at radius 2 is 2.41 bits per heavy atom. The number of thioether (sulfide) groups is 1. The maximum absolute atomic E-state index is 12.4. The number of fused-ring (bicyclic) bond motifs is 1. The van der Waals surface area contributed by atoms with Gasteiger partial charge in [-0.3, -0.25) is 4.79 Å². The zero-order valence-corrected chi connectivity index (χ0v) is 14.0. The Morgan fingerprint density at radius 1 is 1.55 bits per heavy atom. The van der Waals surface area contributed by atoms with Gasteiger partial charge < -0.3 is 10.4 Å². The third kappa shape index (κ3) is 2.91. The second-order valence-corrected chi connectivity index (χ2v) is 7.18. The van der Waals surface area contributed by atoms with Crippen molar-refractivity contribution in [3.8, 4) is 0 Å². The molecule has 1 aliphatic rings. The number of aliphatic hydroxyl groups is 1. The largest absolute Gasteiger partial charge is 0.383 e. The molecule has 0 fully saturated rings. The lowest BCUT2D eigenvalue weighted by atomic mass is 9.83. The molecule has 2 aromatic rings. The van der Waals surface area contributed by atoms with E-state index >= 15 is 0 Å². The van der Waals surface area contributed by atoms with Crippen molar-refractivity contribution in [1.29, 1.82) is 0 Å². The van der Waals surface area contributed by atoms with Gasteiger partial charge in [-0.25, -0.2) is 4.98 Å².